The molecule has 0 atom stereocenters. The van der Waals surface area contributed by atoms with Gasteiger partial charge in [0.25, 0.3) is 5.91 Å². The number of carboxylic acids is 1. The quantitative estimate of drug-likeness (QED) is 0.647. The molecule has 0 saturated heterocycles. The first kappa shape index (κ1) is 18.5. The lowest BCUT2D eigenvalue weighted by atomic mass is 10.1. The summed E-state index contributed by atoms with van der Waals surface area (Å²) >= 11 is 0. The Morgan fingerprint density at radius 1 is 0.920 bits per heavy atom. The standard InChI is InChI=1S/C20H23NO4/c22-19(23)13-5-2-8-14-21-20(24)18-12-7-6-9-16(18)15-25-17-10-3-1-4-11-17/h1,3-4,6-7,9-12H,2,5,8,13-15H2,(H,21,24)(H,22,23). The van der Waals surface area contributed by atoms with Crippen LogP contribution in [0.3, 0.4) is 0 Å². The van der Waals surface area contributed by atoms with Crippen molar-refractivity contribution in [2.75, 3.05) is 6.54 Å². The first-order chi connectivity index (χ1) is 12.2. The highest BCUT2D eigenvalue weighted by molar-refractivity contribution is 5.95. The van der Waals surface area contributed by atoms with Gasteiger partial charge in [0.1, 0.15) is 12.4 Å². The van der Waals surface area contributed by atoms with Gasteiger partial charge in [-0.15, -0.1) is 0 Å². The van der Waals surface area contributed by atoms with Crippen molar-refractivity contribution >= 4 is 11.9 Å². The van der Waals surface area contributed by atoms with Crippen molar-refractivity contribution in [3.05, 3.63) is 65.7 Å². The Balaban J connectivity index is 1.82. The number of carbonyl (C=O) groups is 2. The van der Waals surface area contributed by atoms with Gasteiger partial charge in [0, 0.05) is 24.1 Å². The van der Waals surface area contributed by atoms with Crippen molar-refractivity contribution < 1.29 is 19.4 Å². The topological polar surface area (TPSA) is 75.6 Å². The molecule has 1 amide bonds. The molecule has 132 valence electrons. The first-order valence-electron chi connectivity index (χ1n) is 8.42. The second-order valence-corrected chi connectivity index (χ2v) is 5.72. The van der Waals surface area contributed by atoms with Crippen LogP contribution in [0.15, 0.2) is 54.6 Å². The van der Waals surface area contributed by atoms with Crippen LogP contribution in [0.4, 0.5) is 0 Å². The molecule has 0 aliphatic carbocycles. The molecule has 0 aliphatic rings. The number of ether oxygens (including phenoxy) is 1. The number of aliphatic carboxylic acids is 1. The van der Waals surface area contributed by atoms with E-state index in [1.165, 1.54) is 0 Å². The van der Waals surface area contributed by atoms with Crippen molar-refractivity contribution in [1.29, 1.82) is 0 Å². The average Bonchev–Trinajstić information content (AvgIpc) is 2.63. The predicted molar refractivity (Wildman–Crippen MR) is 95.7 cm³/mol. The van der Waals surface area contributed by atoms with Gasteiger partial charge in [-0.25, -0.2) is 0 Å². The highest BCUT2D eigenvalue weighted by Gasteiger charge is 2.10. The van der Waals surface area contributed by atoms with Crippen LogP contribution >= 0.6 is 0 Å². The van der Waals surface area contributed by atoms with Crippen molar-refractivity contribution in [3.8, 4) is 5.75 Å². The number of amides is 1. The predicted octanol–water partition coefficient (Wildman–Crippen LogP) is 3.64. The van der Waals surface area contributed by atoms with Crippen molar-refractivity contribution in [1.82, 2.24) is 5.32 Å². The molecule has 0 radical (unpaired) electrons. The van der Waals surface area contributed by atoms with E-state index < -0.39 is 5.97 Å². The highest BCUT2D eigenvalue weighted by Crippen LogP contribution is 2.14. The maximum atomic E-state index is 12.4. The Morgan fingerprint density at radius 2 is 1.64 bits per heavy atom. The Morgan fingerprint density at radius 3 is 2.40 bits per heavy atom. The lowest BCUT2D eigenvalue weighted by molar-refractivity contribution is -0.137. The highest BCUT2D eigenvalue weighted by atomic mass is 16.5. The minimum atomic E-state index is -0.781. The molecular formula is C20H23NO4. The number of hydrogen-bond acceptors (Lipinski definition) is 3. The van der Waals surface area contributed by atoms with Crippen LogP contribution in [0.5, 0.6) is 5.75 Å². The third kappa shape index (κ3) is 6.67. The molecule has 5 heteroatoms. The molecule has 2 aromatic rings. The normalized spacial score (nSPS) is 10.2. The summed E-state index contributed by atoms with van der Waals surface area (Å²) < 4.78 is 5.73. The van der Waals surface area contributed by atoms with Crippen LogP contribution in [-0.2, 0) is 11.4 Å². The van der Waals surface area contributed by atoms with E-state index in [-0.39, 0.29) is 12.3 Å². The summed E-state index contributed by atoms with van der Waals surface area (Å²) in [5.74, 6) is -0.155. The number of carbonyl (C=O) groups excluding carboxylic acids is 1. The Hall–Kier alpha value is -2.82. The fraction of sp³-hybridized carbons (Fsp3) is 0.300. The number of benzene rings is 2. The summed E-state index contributed by atoms with van der Waals surface area (Å²) in [5, 5.41) is 11.5. The minimum absolute atomic E-state index is 0.134. The van der Waals surface area contributed by atoms with Crippen LogP contribution in [0.1, 0.15) is 41.6 Å². The molecule has 0 bridgehead atoms. The average molecular weight is 341 g/mol. The Bertz CT molecular complexity index is 685. The van der Waals surface area contributed by atoms with Crippen LogP contribution < -0.4 is 10.1 Å². The van der Waals surface area contributed by atoms with Crippen LogP contribution in [-0.4, -0.2) is 23.5 Å². The van der Waals surface area contributed by atoms with E-state index in [0.29, 0.717) is 25.1 Å². The Labute approximate surface area is 147 Å². The molecule has 2 aromatic carbocycles. The number of carboxylic acid groups (broad SMARTS) is 1. The molecule has 0 unspecified atom stereocenters. The number of unbranched alkanes of at least 4 members (excludes halogenated alkanes) is 2. The monoisotopic (exact) mass is 341 g/mol. The molecule has 0 spiro atoms. The summed E-state index contributed by atoms with van der Waals surface area (Å²) in [4.78, 5) is 22.8. The fourth-order valence-electron chi connectivity index (χ4n) is 2.42. The summed E-state index contributed by atoms with van der Waals surface area (Å²) in [6.45, 7) is 0.860. The van der Waals surface area contributed by atoms with Gasteiger partial charge in [0.2, 0.25) is 0 Å². The first-order valence-corrected chi connectivity index (χ1v) is 8.42. The number of nitrogens with one attached hydrogen (secondary N) is 1. The maximum Gasteiger partial charge on any atom is 0.303 e. The van der Waals surface area contributed by atoms with Gasteiger partial charge in [-0.3, -0.25) is 9.59 Å². The molecule has 0 aromatic heterocycles. The van der Waals surface area contributed by atoms with Crippen LogP contribution in [0, 0.1) is 0 Å². The number of para-hydroxylation sites is 1. The van der Waals surface area contributed by atoms with E-state index in [1.54, 1.807) is 6.07 Å². The lowest BCUT2D eigenvalue weighted by Crippen LogP contribution is -2.25. The van der Waals surface area contributed by atoms with Crippen molar-refractivity contribution in [2.24, 2.45) is 0 Å². The molecule has 0 aliphatic heterocycles. The zero-order valence-electron chi connectivity index (χ0n) is 14.1. The fourth-order valence-corrected chi connectivity index (χ4v) is 2.42. The maximum absolute atomic E-state index is 12.4. The number of hydrogen-bond donors (Lipinski definition) is 2. The zero-order valence-corrected chi connectivity index (χ0v) is 14.1. The molecule has 2 rings (SSSR count). The smallest absolute Gasteiger partial charge is 0.303 e. The molecule has 2 N–H and O–H groups in total. The van der Waals surface area contributed by atoms with Crippen molar-refractivity contribution in [3.63, 3.8) is 0 Å². The SMILES string of the molecule is O=C(O)CCCCCNC(=O)c1ccccc1COc1ccccc1. The van der Waals surface area contributed by atoms with Gasteiger partial charge in [-0.2, -0.15) is 0 Å². The van der Waals surface area contributed by atoms with E-state index in [1.807, 2.05) is 48.5 Å². The van der Waals surface area contributed by atoms with Gasteiger partial charge >= 0.3 is 5.97 Å². The molecular weight excluding hydrogens is 318 g/mol. The van der Waals surface area contributed by atoms with Gasteiger partial charge in [0.05, 0.1) is 0 Å². The van der Waals surface area contributed by atoms with E-state index in [9.17, 15) is 9.59 Å². The summed E-state index contributed by atoms with van der Waals surface area (Å²) in [6.07, 6.45) is 2.35. The third-order valence-electron chi connectivity index (χ3n) is 3.75. The van der Waals surface area contributed by atoms with Gasteiger partial charge in [0.15, 0.2) is 0 Å². The van der Waals surface area contributed by atoms with Gasteiger partial charge in [-0.05, 0) is 31.0 Å². The minimum Gasteiger partial charge on any atom is -0.489 e. The largest absolute Gasteiger partial charge is 0.489 e. The molecule has 5 nitrogen and oxygen atoms in total. The number of rotatable bonds is 10. The van der Waals surface area contributed by atoms with Crippen LogP contribution in [0.25, 0.3) is 0 Å². The van der Waals surface area contributed by atoms with Gasteiger partial charge in [-0.1, -0.05) is 42.8 Å². The Kier molecular flexibility index (Phi) is 7.50. The van der Waals surface area contributed by atoms with Gasteiger partial charge < -0.3 is 15.2 Å². The lowest BCUT2D eigenvalue weighted by Gasteiger charge is -2.11. The molecule has 0 heterocycles. The summed E-state index contributed by atoms with van der Waals surface area (Å²) in [7, 11) is 0. The van der Waals surface area contributed by atoms with E-state index >= 15 is 0 Å². The molecule has 0 fully saturated rings. The summed E-state index contributed by atoms with van der Waals surface area (Å²) in [6, 6.07) is 16.8. The second-order valence-electron chi connectivity index (χ2n) is 5.72. The van der Waals surface area contributed by atoms with Crippen molar-refractivity contribution in [2.45, 2.75) is 32.3 Å². The van der Waals surface area contributed by atoms with E-state index in [4.69, 9.17) is 9.84 Å². The van der Waals surface area contributed by atoms with E-state index in [2.05, 4.69) is 5.32 Å². The van der Waals surface area contributed by atoms with E-state index in [0.717, 1.165) is 24.2 Å². The summed E-state index contributed by atoms with van der Waals surface area (Å²) in [5.41, 5.74) is 1.43. The second kappa shape index (κ2) is 10.1. The molecule has 25 heavy (non-hydrogen) atoms. The molecule has 0 saturated carbocycles. The van der Waals surface area contributed by atoms with Crippen LogP contribution in [0.2, 0.25) is 0 Å². The third-order valence-corrected chi connectivity index (χ3v) is 3.75. The zero-order chi connectivity index (χ0) is 17.9.